The normalized spacial score (nSPS) is 13.9. The lowest BCUT2D eigenvalue weighted by atomic mass is 9.61. The van der Waals surface area contributed by atoms with E-state index in [0.717, 1.165) is 12.1 Å². The molecular weight excluding hydrogens is 501 g/mol. The fraction of sp³-hybridized carbons (Fsp3) is 0.0800. The number of ketones is 1. The quantitative estimate of drug-likeness (QED) is 0.395. The highest BCUT2D eigenvalue weighted by molar-refractivity contribution is 6.17. The van der Waals surface area contributed by atoms with Crippen LogP contribution in [0.25, 0.3) is 0 Å². The van der Waals surface area contributed by atoms with E-state index in [1.165, 1.54) is 18.2 Å². The van der Waals surface area contributed by atoms with Gasteiger partial charge >= 0.3 is 30.1 Å². The maximum absolute atomic E-state index is 15.3. The number of aromatic carboxylic acids is 4. The lowest BCUT2D eigenvalue weighted by molar-refractivity contribution is -0.166. The number of carboxylic acids is 4. The molecule has 0 radical (unpaired) electrons. The molecule has 3 aromatic carbocycles. The van der Waals surface area contributed by atoms with Crippen molar-refractivity contribution in [3.8, 4) is 0 Å². The van der Waals surface area contributed by atoms with Crippen LogP contribution in [0.4, 0.5) is 13.2 Å². The molecule has 1 aliphatic rings. The molecule has 0 amide bonds. The second-order valence-electron chi connectivity index (χ2n) is 8.05. The largest absolute Gasteiger partial charge is 0.478 e. The predicted octanol–water partition coefficient (Wildman–Crippen LogP) is 3.92. The van der Waals surface area contributed by atoms with Gasteiger partial charge in [0.05, 0.1) is 22.3 Å². The predicted molar refractivity (Wildman–Crippen MR) is 117 cm³/mol. The number of hydrogen-bond acceptors (Lipinski definition) is 5. The fourth-order valence-corrected chi connectivity index (χ4v) is 4.66. The molecule has 4 N–H and O–H groups in total. The van der Waals surface area contributed by atoms with Crippen molar-refractivity contribution in [1.29, 1.82) is 0 Å². The van der Waals surface area contributed by atoms with Crippen molar-refractivity contribution in [1.82, 2.24) is 0 Å². The molecule has 0 unspecified atom stereocenters. The SMILES string of the molecule is O=C(O)c1cc2c(cc1C(=O)O)C(c1ccccc1)(C(F)(F)F)c1cc(C(=O)O)c(C(=O)O)cc1C2=O. The zero-order valence-electron chi connectivity index (χ0n) is 18.2. The lowest BCUT2D eigenvalue weighted by Gasteiger charge is -2.42. The molecular formula is C25H13F3O9. The number of alkyl halides is 3. The summed E-state index contributed by atoms with van der Waals surface area (Å²) in [6.45, 7) is 0. The Morgan fingerprint density at radius 2 is 0.973 bits per heavy atom. The first-order valence-corrected chi connectivity index (χ1v) is 10.2. The summed E-state index contributed by atoms with van der Waals surface area (Å²) in [5.74, 6) is -8.66. The van der Waals surface area contributed by atoms with Crippen molar-refractivity contribution in [2.24, 2.45) is 0 Å². The van der Waals surface area contributed by atoms with Gasteiger partial charge in [-0.2, -0.15) is 13.2 Å². The zero-order valence-corrected chi connectivity index (χ0v) is 18.2. The maximum Gasteiger partial charge on any atom is 0.406 e. The smallest absolute Gasteiger partial charge is 0.406 e. The van der Waals surface area contributed by atoms with Crippen LogP contribution >= 0.6 is 0 Å². The van der Waals surface area contributed by atoms with Gasteiger partial charge in [-0.05, 0) is 41.0 Å². The maximum atomic E-state index is 15.3. The third kappa shape index (κ3) is 3.53. The Labute approximate surface area is 204 Å². The first-order valence-electron chi connectivity index (χ1n) is 10.2. The first kappa shape index (κ1) is 25.1. The van der Waals surface area contributed by atoms with Crippen LogP contribution in [0.5, 0.6) is 0 Å². The summed E-state index contributed by atoms with van der Waals surface area (Å²) in [5, 5.41) is 38.1. The average molecular weight is 514 g/mol. The van der Waals surface area contributed by atoms with Gasteiger partial charge in [-0.15, -0.1) is 0 Å². The molecule has 0 saturated carbocycles. The van der Waals surface area contributed by atoms with E-state index < -0.39 is 91.3 Å². The number of fused-ring (bicyclic) bond motifs is 2. The Morgan fingerprint density at radius 3 is 1.30 bits per heavy atom. The summed E-state index contributed by atoms with van der Waals surface area (Å²) in [6.07, 6.45) is -5.36. The Bertz CT molecular complexity index is 1450. The summed E-state index contributed by atoms with van der Waals surface area (Å²) in [6, 6.07) is 7.76. The van der Waals surface area contributed by atoms with Crippen molar-refractivity contribution in [3.05, 3.63) is 105 Å². The van der Waals surface area contributed by atoms with Crippen LogP contribution in [0.2, 0.25) is 0 Å². The van der Waals surface area contributed by atoms with Gasteiger partial charge in [0, 0.05) is 11.1 Å². The van der Waals surface area contributed by atoms with E-state index in [4.69, 9.17) is 0 Å². The van der Waals surface area contributed by atoms with Crippen LogP contribution in [0, 0.1) is 0 Å². The van der Waals surface area contributed by atoms with E-state index in [0.29, 0.717) is 24.3 Å². The number of carbonyl (C=O) groups excluding carboxylic acids is 1. The number of carbonyl (C=O) groups is 5. The van der Waals surface area contributed by atoms with Crippen LogP contribution in [-0.2, 0) is 5.41 Å². The van der Waals surface area contributed by atoms with Crippen LogP contribution in [-0.4, -0.2) is 56.3 Å². The van der Waals surface area contributed by atoms with E-state index in [-0.39, 0.29) is 0 Å². The number of hydrogen-bond donors (Lipinski definition) is 4. The van der Waals surface area contributed by atoms with Crippen LogP contribution in [0.15, 0.2) is 54.6 Å². The average Bonchev–Trinajstić information content (AvgIpc) is 2.82. The lowest BCUT2D eigenvalue weighted by Crippen LogP contribution is -2.49. The molecule has 0 fully saturated rings. The van der Waals surface area contributed by atoms with E-state index >= 15 is 13.2 Å². The highest BCUT2D eigenvalue weighted by Gasteiger charge is 2.62. The van der Waals surface area contributed by atoms with Crippen molar-refractivity contribution in [2.75, 3.05) is 0 Å². The molecule has 0 atom stereocenters. The van der Waals surface area contributed by atoms with Crippen molar-refractivity contribution >= 4 is 29.7 Å². The molecule has 3 aromatic rings. The molecule has 0 spiro atoms. The van der Waals surface area contributed by atoms with Gasteiger partial charge in [-0.25, -0.2) is 19.2 Å². The second kappa shape index (κ2) is 8.29. The van der Waals surface area contributed by atoms with E-state index in [1.54, 1.807) is 0 Å². The topological polar surface area (TPSA) is 166 Å². The van der Waals surface area contributed by atoms with Crippen LogP contribution in [0.1, 0.15) is 74.0 Å². The number of rotatable bonds is 5. The molecule has 1 aliphatic carbocycles. The van der Waals surface area contributed by atoms with E-state index in [2.05, 4.69) is 0 Å². The summed E-state index contributed by atoms with van der Waals surface area (Å²) < 4.78 is 45.9. The van der Waals surface area contributed by atoms with Crippen molar-refractivity contribution in [3.63, 3.8) is 0 Å². The second-order valence-corrected chi connectivity index (χ2v) is 8.05. The summed E-state index contributed by atoms with van der Waals surface area (Å²) >= 11 is 0. The molecule has 0 aliphatic heterocycles. The highest BCUT2D eigenvalue weighted by atomic mass is 19.4. The number of benzene rings is 3. The van der Waals surface area contributed by atoms with E-state index in [9.17, 15) is 44.4 Å². The minimum atomic E-state index is -5.36. The molecule has 0 saturated heterocycles. The standard InChI is InChI=1S/C25H13F3O9/c26-25(27,28)24(10-4-2-1-3-5-10)17-8-13(22(34)35)11(20(30)31)6-15(17)19(29)16-7-12(21(32)33)14(23(36)37)9-18(16)24/h1-9H,(H,30,31)(H,32,33)(H,34,35)(H,36,37). The molecule has 0 heterocycles. The first-order chi connectivity index (χ1) is 17.2. The Kier molecular flexibility index (Phi) is 5.63. The molecule has 0 aromatic heterocycles. The van der Waals surface area contributed by atoms with Gasteiger partial charge in [0.1, 0.15) is 5.41 Å². The third-order valence-electron chi connectivity index (χ3n) is 6.17. The van der Waals surface area contributed by atoms with E-state index in [1.807, 2.05) is 0 Å². The summed E-state index contributed by atoms with van der Waals surface area (Å²) in [7, 11) is 0. The van der Waals surface area contributed by atoms with Gasteiger partial charge in [0.25, 0.3) is 0 Å². The summed E-state index contributed by atoms with van der Waals surface area (Å²) in [4.78, 5) is 60.5. The summed E-state index contributed by atoms with van der Waals surface area (Å²) in [5.41, 5.74) is -11.4. The highest BCUT2D eigenvalue weighted by Crippen LogP contribution is 2.56. The van der Waals surface area contributed by atoms with Gasteiger partial charge in [-0.3, -0.25) is 4.79 Å². The minimum Gasteiger partial charge on any atom is -0.478 e. The molecule has 9 nitrogen and oxygen atoms in total. The number of halogens is 3. The third-order valence-corrected chi connectivity index (χ3v) is 6.17. The van der Waals surface area contributed by atoms with Gasteiger partial charge in [0.15, 0.2) is 5.78 Å². The monoisotopic (exact) mass is 514 g/mol. The fourth-order valence-electron chi connectivity index (χ4n) is 4.66. The van der Waals surface area contributed by atoms with Gasteiger partial charge < -0.3 is 20.4 Å². The number of carboxylic acid groups (broad SMARTS) is 4. The Morgan fingerprint density at radius 1 is 0.622 bits per heavy atom. The van der Waals surface area contributed by atoms with Crippen LogP contribution < -0.4 is 0 Å². The van der Waals surface area contributed by atoms with Crippen molar-refractivity contribution in [2.45, 2.75) is 11.6 Å². The van der Waals surface area contributed by atoms with Gasteiger partial charge in [-0.1, -0.05) is 30.3 Å². The Balaban J connectivity index is 2.33. The van der Waals surface area contributed by atoms with Gasteiger partial charge in [0.2, 0.25) is 0 Å². The molecule has 37 heavy (non-hydrogen) atoms. The molecule has 4 rings (SSSR count). The molecule has 12 heteroatoms. The van der Waals surface area contributed by atoms with Crippen LogP contribution in [0.3, 0.4) is 0 Å². The van der Waals surface area contributed by atoms with Crippen molar-refractivity contribution < 1.29 is 57.6 Å². The molecule has 0 bridgehead atoms. The zero-order chi connectivity index (χ0) is 27.4. The Hall–Kier alpha value is -5.00. The molecule has 188 valence electrons. The minimum absolute atomic E-state index is 0.438.